The van der Waals surface area contributed by atoms with Crippen molar-refractivity contribution in [1.29, 1.82) is 0 Å². The third-order valence-electron chi connectivity index (χ3n) is 10.5. The molecular formula is C45H90N2O4. The fourth-order valence-corrected chi connectivity index (χ4v) is 7.09. The number of nitrogens with zero attached hydrogens (tertiary/aromatic N) is 1. The maximum atomic E-state index is 12.8. The molecule has 0 aliphatic carbocycles. The van der Waals surface area contributed by atoms with Crippen molar-refractivity contribution in [2.24, 2.45) is 11.7 Å². The predicted octanol–water partition coefficient (Wildman–Crippen LogP) is 12.9. The number of hydrogen-bond donors (Lipinski definition) is 1. The molecule has 0 amide bonds. The molecule has 0 aliphatic rings. The molecule has 51 heavy (non-hydrogen) atoms. The summed E-state index contributed by atoms with van der Waals surface area (Å²) in [5.41, 5.74) is 5.91. The van der Waals surface area contributed by atoms with E-state index in [9.17, 15) is 9.59 Å². The summed E-state index contributed by atoms with van der Waals surface area (Å²) >= 11 is 0. The van der Waals surface area contributed by atoms with Crippen molar-refractivity contribution in [3.8, 4) is 0 Å². The van der Waals surface area contributed by atoms with Gasteiger partial charge in [0.2, 0.25) is 0 Å². The second-order valence-electron chi connectivity index (χ2n) is 15.9. The fourth-order valence-electron chi connectivity index (χ4n) is 7.09. The van der Waals surface area contributed by atoms with Crippen LogP contribution in [0.25, 0.3) is 0 Å². The molecular weight excluding hydrogens is 633 g/mol. The number of carbonyl (C=O) groups excluding carboxylic acids is 2. The first-order valence-corrected chi connectivity index (χ1v) is 22.7. The molecule has 0 bridgehead atoms. The minimum absolute atomic E-state index is 0.0238. The minimum Gasteiger partial charge on any atom is -0.465 e. The maximum Gasteiger partial charge on any atom is 0.306 e. The average molecular weight is 723 g/mol. The zero-order chi connectivity index (χ0) is 37.5. The van der Waals surface area contributed by atoms with Crippen molar-refractivity contribution >= 4 is 11.9 Å². The molecule has 0 aromatic heterocycles. The summed E-state index contributed by atoms with van der Waals surface area (Å²) in [4.78, 5) is 27.4. The molecule has 0 heterocycles. The Morgan fingerprint density at radius 2 is 0.882 bits per heavy atom. The highest BCUT2D eigenvalue weighted by Gasteiger charge is 2.14. The van der Waals surface area contributed by atoms with E-state index in [1.165, 1.54) is 141 Å². The van der Waals surface area contributed by atoms with E-state index in [0.717, 1.165) is 71.0 Å². The monoisotopic (exact) mass is 723 g/mol. The van der Waals surface area contributed by atoms with Crippen LogP contribution in [0.1, 0.15) is 233 Å². The van der Waals surface area contributed by atoms with E-state index in [1.54, 1.807) is 0 Å². The fraction of sp³-hybridized carbons (Fsp3) is 0.956. The van der Waals surface area contributed by atoms with Crippen LogP contribution in [0.3, 0.4) is 0 Å². The Hall–Kier alpha value is -1.14. The SMILES string of the molecule is CCCCCCCCCCC(CCCCCCCC)OC(=O)CCCCCCCN(CCN)CCCCCC(=O)OCC(C)CCCCCCC. The summed E-state index contributed by atoms with van der Waals surface area (Å²) in [5.74, 6) is 0.450. The largest absolute Gasteiger partial charge is 0.465 e. The van der Waals surface area contributed by atoms with Gasteiger partial charge in [-0.25, -0.2) is 0 Å². The van der Waals surface area contributed by atoms with Gasteiger partial charge in [0.25, 0.3) is 0 Å². The van der Waals surface area contributed by atoms with Gasteiger partial charge in [-0.2, -0.15) is 0 Å². The highest BCUT2D eigenvalue weighted by atomic mass is 16.5. The molecule has 2 N–H and O–H groups in total. The van der Waals surface area contributed by atoms with Crippen LogP contribution < -0.4 is 5.73 Å². The lowest BCUT2D eigenvalue weighted by Gasteiger charge is -2.21. The number of hydrogen-bond acceptors (Lipinski definition) is 6. The van der Waals surface area contributed by atoms with E-state index in [-0.39, 0.29) is 18.0 Å². The molecule has 0 fully saturated rings. The van der Waals surface area contributed by atoms with Crippen LogP contribution in [0.2, 0.25) is 0 Å². The minimum atomic E-state index is -0.0355. The highest BCUT2D eigenvalue weighted by molar-refractivity contribution is 5.69. The van der Waals surface area contributed by atoms with Gasteiger partial charge >= 0.3 is 11.9 Å². The van der Waals surface area contributed by atoms with Gasteiger partial charge < -0.3 is 20.1 Å². The van der Waals surface area contributed by atoms with Crippen LogP contribution in [0.4, 0.5) is 0 Å². The van der Waals surface area contributed by atoms with Crippen LogP contribution in [0, 0.1) is 5.92 Å². The van der Waals surface area contributed by atoms with Crippen LogP contribution in [-0.4, -0.2) is 55.7 Å². The molecule has 0 saturated heterocycles. The van der Waals surface area contributed by atoms with Crippen molar-refractivity contribution < 1.29 is 19.1 Å². The molecule has 0 aromatic carbocycles. The summed E-state index contributed by atoms with van der Waals surface area (Å²) in [7, 11) is 0. The van der Waals surface area contributed by atoms with Gasteiger partial charge in [0.1, 0.15) is 6.10 Å². The molecule has 6 nitrogen and oxygen atoms in total. The Morgan fingerprint density at radius 1 is 0.490 bits per heavy atom. The van der Waals surface area contributed by atoms with E-state index >= 15 is 0 Å². The average Bonchev–Trinajstić information content (AvgIpc) is 3.12. The first-order chi connectivity index (χ1) is 25.0. The van der Waals surface area contributed by atoms with Crippen molar-refractivity contribution in [1.82, 2.24) is 4.90 Å². The van der Waals surface area contributed by atoms with Crippen molar-refractivity contribution in [2.45, 2.75) is 239 Å². The first kappa shape index (κ1) is 49.9. The summed E-state index contributed by atoms with van der Waals surface area (Å²) in [6.07, 6.45) is 37.8. The van der Waals surface area contributed by atoms with Gasteiger partial charge in [0.05, 0.1) is 6.61 Å². The number of unbranched alkanes of at least 4 members (excludes halogenated alkanes) is 22. The lowest BCUT2D eigenvalue weighted by atomic mass is 10.0. The number of carbonyl (C=O) groups is 2. The van der Waals surface area contributed by atoms with Crippen LogP contribution >= 0.6 is 0 Å². The number of nitrogens with two attached hydrogens (primary N) is 1. The maximum absolute atomic E-state index is 12.8. The van der Waals surface area contributed by atoms with E-state index < -0.39 is 0 Å². The molecule has 2 unspecified atom stereocenters. The summed E-state index contributed by atoms with van der Waals surface area (Å²) in [6.45, 7) is 13.3. The Kier molecular flexibility index (Phi) is 39.2. The van der Waals surface area contributed by atoms with Gasteiger partial charge in [-0.1, -0.05) is 163 Å². The summed E-state index contributed by atoms with van der Waals surface area (Å²) in [5, 5.41) is 0. The Labute approximate surface area is 318 Å². The molecule has 6 heteroatoms. The number of esters is 2. The molecule has 0 aromatic rings. The van der Waals surface area contributed by atoms with Gasteiger partial charge in [-0.15, -0.1) is 0 Å². The van der Waals surface area contributed by atoms with Gasteiger partial charge in [-0.3, -0.25) is 9.59 Å². The van der Waals surface area contributed by atoms with E-state index in [1.807, 2.05) is 0 Å². The van der Waals surface area contributed by atoms with E-state index in [4.69, 9.17) is 15.2 Å². The highest BCUT2D eigenvalue weighted by Crippen LogP contribution is 2.19. The van der Waals surface area contributed by atoms with E-state index in [0.29, 0.717) is 31.9 Å². The molecule has 0 rings (SSSR count). The second-order valence-corrected chi connectivity index (χ2v) is 15.9. The van der Waals surface area contributed by atoms with Crippen molar-refractivity contribution in [3.63, 3.8) is 0 Å². The lowest BCUT2D eigenvalue weighted by Crippen LogP contribution is -2.31. The van der Waals surface area contributed by atoms with Crippen LogP contribution in [0.15, 0.2) is 0 Å². The molecule has 0 saturated carbocycles. The zero-order valence-electron chi connectivity index (χ0n) is 35.0. The van der Waals surface area contributed by atoms with E-state index in [2.05, 4.69) is 32.6 Å². The lowest BCUT2D eigenvalue weighted by molar-refractivity contribution is -0.150. The molecule has 0 spiro atoms. The third-order valence-corrected chi connectivity index (χ3v) is 10.5. The Morgan fingerprint density at radius 3 is 1.37 bits per heavy atom. The molecule has 0 radical (unpaired) electrons. The quantitative estimate of drug-likeness (QED) is 0.0500. The summed E-state index contributed by atoms with van der Waals surface area (Å²) < 4.78 is 11.6. The third kappa shape index (κ3) is 37.0. The molecule has 2 atom stereocenters. The van der Waals surface area contributed by atoms with Gasteiger partial charge in [0, 0.05) is 25.9 Å². The zero-order valence-corrected chi connectivity index (χ0v) is 35.0. The predicted molar refractivity (Wildman–Crippen MR) is 220 cm³/mol. The van der Waals surface area contributed by atoms with Gasteiger partial charge in [-0.05, 0) is 76.8 Å². The topological polar surface area (TPSA) is 81.9 Å². The molecule has 0 aliphatic heterocycles. The second kappa shape index (κ2) is 40.1. The smallest absolute Gasteiger partial charge is 0.306 e. The van der Waals surface area contributed by atoms with Gasteiger partial charge in [0.15, 0.2) is 0 Å². The first-order valence-electron chi connectivity index (χ1n) is 22.7. The van der Waals surface area contributed by atoms with Crippen molar-refractivity contribution in [2.75, 3.05) is 32.8 Å². The van der Waals surface area contributed by atoms with Crippen LogP contribution in [0.5, 0.6) is 0 Å². The Balaban J connectivity index is 4.08. The number of rotatable bonds is 41. The van der Waals surface area contributed by atoms with Crippen LogP contribution in [-0.2, 0) is 19.1 Å². The molecule has 304 valence electrons. The van der Waals surface area contributed by atoms with Crippen molar-refractivity contribution in [3.05, 3.63) is 0 Å². The Bertz CT molecular complexity index is 733. The normalized spacial score (nSPS) is 12.7. The standard InChI is InChI=1S/C45H90N2O4/c1-5-8-11-14-16-17-21-27-34-43(33-26-20-15-12-9-6-2)51-45(49)36-28-22-18-23-30-38-47(40-37-46)39-31-24-29-35-44(48)50-41-42(4)32-25-19-13-10-7-3/h42-43H,5-41,46H2,1-4H3. The number of ether oxygens (including phenoxy) is 2. The summed E-state index contributed by atoms with van der Waals surface area (Å²) in [6, 6.07) is 0.